The number of phenolic OH excluding ortho intramolecular Hbond substituents is 1. The van der Waals surface area contributed by atoms with Crippen molar-refractivity contribution in [1.82, 2.24) is 14.6 Å². The summed E-state index contributed by atoms with van der Waals surface area (Å²) >= 11 is 0. The largest absolute Gasteiger partial charge is 0.507 e. The Kier molecular flexibility index (Phi) is 4.56. The third-order valence-corrected chi connectivity index (χ3v) is 5.28. The smallest absolute Gasteiger partial charge is 0.200 e. The molecular weight excluding hydrogens is 386 g/mol. The molecule has 5 aromatic rings. The number of ketones is 1. The Hall–Kier alpha value is -4.25. The van der Waals surface area contributed by atoms with Crippen LogP contribution in [0.1, 0.15) is 21.6 Å². The molecule has 150 valence electrons. The van der Waals surface area contributed by atoms with E-state index in [1.165, 1.54) is 6.07 Å². The number of benzene rings is 3. The van der Waals surface area contributed by atoms with E-state index in [9.17, 15) is 9.90 Å². The number of phenols is 1. The number of nitrogens with zero attached hydrogens (tertiary/aromatic N) is 3. The zero-order valence-electron chi connectivity index (χ0n) is 16.9. The highest BCUT2D eigenvalue weighted by Crippen LogP contribution is 2.32. The van der Waals surface area contributed by atoms with E-state index < -0.39 is 0 Å². The highest BCUT2D eigenvalue weighted by atomic mass is 16.3. The number of carbonyl (C=O) groups is 1. The molecule has 5 rings (SSSR count). The average Bonchev–Trinajstić information content (AvgIpc) is 3.23. The minimum atomic E-state index is -0.291. The average molecular weight is 405 g/mol. The van der Waals surface area contributed by atoms with E-state index in [2.05, 4.69) is 4.98 Å². The second kappa shape index (κ2) is 7.54. The summed E-state index contributed by atoms with van der Waals surface area (Å²) in [5.41, 5.74) is 5.14. The van der Waals surface area contributed by atoms with Crippen molar-refractivity contribution in [3.8, 4) is 28.3 Å². The lowest BCUT2D eigenvalue weighted by Crippen LogP contribution is -2.12. The maximum atomic E-state index is 13.6. The van der Waals surface area contributed by atoms with Crippen molar-refractivity contribution < 1.29 is 9.90 Å². The van der Waals surface area contributed by atoms with Crippen LogP contribution in [-0.4, -0.2) is 25.5 Å². The molecule has 0 aliphatic carbocycles. The van der Waals surface area contributed by atoms with Crippen molar-refractivity contribution >= 4 is 11.4 Å². The second-order valence-electron chi connectivity index (χ2n) is 7.30. The first-order valence-corrected chi connectivity index (χ1v) is 9.97. The van der Waals surface area contributed by atoms with Gasteiger partial charge in [0.25, 0.3) is 0 Å². The summed E-state index contributed by atoms with van der Waals surface area (Å²) in [7, 11) is 0. The zero-order chi connectivity index (χ0) is 21.4. The Labute approximate surface area is 179 Å². The third kappa shape index (κ3) is 3.26. The fourth-order valence-electron chi connectivity index (χ4n) is 3.81. The molecule has 0 amide bonds. The SMILES string of the molecule is Cc1nc2cc(-c3ccccc3)nn2c(-c2ccccc2)c1C(=O)c1ccccc1O. The number of aromatic hydroxyl groups is 1. The highest BCUT2D eigenvalue weighted by molar-refractivity contribution is 6.14. The molecule has 0 saturated carbocycles. The first-order valence-electron chi connectivity index (χ1n) is 9.97. The lowest BCUT2D eigenvalue weighted by atomic mass is 9.96. The fraction of sp³-hybridized carbons (Fsp3) is 0.0385. The van der Waals surface area contributed by atoms with E-state index in [4.69, 9.17) is 5.10 Å². The van der Waals surface area contributed by atoms with Crippen LogP contribution in [0, 0.1) is 6.92 Å². The van der Waals surface area contributed by atoms with Gasteiger partial charge in [0, 0.05) is 17.2 Å². The molecule has 2 aromatic heterocycles. The number of para-hydroxylation sites is 1. The molecule has 5 nitrogen and oxygen atoms in total. The van der Waals surface area contributed by atoms with Crippen molar-refractivity contribution in [3.63, 3.8) is 0 Å². The number of aryl methyl sites for hydroxylation is 1. The van der Waals surface area contributed by atoms with Crippen LogP contribution in [-0.2, 0) is 0 Å². The minimum absolute atomic E-state index is 0.0588. The molecule has 31 heavy (non-hydrogen) atoms. The molecule has 0 saturated heterocycles. The number of fused-ring (bicyclic) bond motifs is 1. The molecule has 0 aliphatic rings. The van der Waals surface area contributed by atoms with Crippen LogP contribution in [0.25, 0.3) is 28.2 Å². The maximum Gasteiger partial charge on any atom is 0.200 e. The molecule has 1 N–H and O–H groups in total. The van der Waals surface area contributed by atoms with E-state index >= 15 is 0 Å². The topological polar surface area (TPSA) is 67.5 Å². The Balaban J connectivity index is 1.82. The lowest BCUT2D eigenvalue weighted by Gasteiger charge is -2.14. The summed E-state index contributed by atoms with van der Waals surface area (Å²) in [6, 6.07) is 28.0. The molecule has 0 bridgehead atoms. The predicted molar refractivity (Wildman–Crippen MR) is 120 cm³/mol. The summed E-state index contributed by atoms with van der Waals surface area (Å²) < 4.78 is 1.72. The van der Waals surface area contributed by atoms with E-state index in [-0.39, 0.29) is 17.1 Å². The normalized spacial score (nSPS) is 11.0. The standard InChI is InChI=1S/C26H19N3O2/c1-17-24(26(31)20-14-8-9-15-22(20)30)25(19-12-6-3-7-13-19)29-23(27-17)16-21(28-29)18-10-4-2-5-11-18/h2-16,30H,1H3. The molecule has 5 heteroatoms. The van der Waals surface area contributed by atoms with Gasteiger partial charge in [0.1, 0.15) is 5.75 Å². The van der Waals surface area contributed by atoms with Crippen LogP contribution in [0.4, 0.5) is 0 Å². The van der Waals surface area contributed by atoms with E-state index in [1.54, 1.807) is 22.7 Å². The van der Waals surface area contributed by atoms with Gasteiger partial charge in [-0.05, 0) is 19.1 Å². The van der Waals surface area contributed by atoms with Crippen LogP contribution < -0.4 is 0 Å². The van der Waals surface area contributed by atoms with Crippen molar-refractivity contribution in [3.05, 3.63) is 108 Å². The van der Waals surface area contributed by atoms with Crippen LogP contribution >= 0.6 is 0 Å². The van der Waals surface area contributed by atoms with Crippen molar-refractivity contribution in [2.75, 3.05) is 0 Å². The third-order valence-electron chi connectivity index (χ3n) is 5.28. The van der Waals surface area contributed by atoms with Crippen molar-refractivity contribution in [2.45, 2.75) is 6.92 Å². The second-order valence-corrected chi connectivity index (χ2v) is 7.30. The van der Waals surface area contributed by atoms with Gasteiger partial charge in [-0.15, -0.1) is 0 Å². The Morgan fingerprint density at radius 2 is 1.45 bits per heavy atom. The van der Waals surface area contributed by atoms with E-state index in [0.717, 1.165) is 16.8 Å². The van der Waals surface area contributed by atoms with Gasteiger partial charge in [-0.1, -0.05) is 72.8 Å². The number of hydrogen-bond acceptors (Lipinski definition) is 4. The molecule has 0 radical (unpaired) electrons. The minimum Gasteiger partial charge on any atom is -0.507 e. The van der Waals surface area contributed by atoms with E-state index in [1.807, 2.05) is 73.7 Å². The molecule has 0 aliphatic heterocycles. The Bertz CT molecular complexity index is 1410. The monoisotopic (exact) mass is 405 g/mol. The Morgan fingerprint density at radius 3 is 2.13 bits per heavy atom. The van der Waals surface area contributed by atoms with Crippen molar-refractivity contribution in [1.29, 1.82) is 0 Å². The summed E-state index contributed by atoms with van der Waals surface area (Å²) in [4.78, 5) is 18.2. The van der Waals surface area contributed by atoms with Crippen molar-refractivity contribution in [2.24, 2.45) is 0 Å². The van der Waals surface area contributed by atoms with Crippen LogP contribution in [0.5, 0.6) is 5.75 Å². The number of rotatable bonds is 4. The van der Waals surface area contributed by atoms with E-state index in [0.29, 0.717) is 22.6 Å². The van der Waals surface area contributed by atoms with Gasteiger partial charge in [0.2, 0.25) is 5.78 Å². The van der Waals surface area contributed by atoms with Gasteiger partial charge in [0.05, 0.1) is 28.2 Å². The van der Waals surface area contributed by atoms with Crippen LogP contribution in [0.2, 0.25) is 0 Å². The molecule has 0 atom stereocenters. The first kappa shape index (κ1) is 18.8. The zero-order valence-corrected chi connectivity index (χ0v) is 16.9. The molecule has 3 aromatic carbocycles. The number of carbonyl (C=O) groups excluding carboxylic acids is 1. The Morgan fingerprint density at radius 1 is 0.839 bits per heavy atom. The molecule has 0 spiro atoms. The van der Waals surface area contributed by atoms with Gasteiger partial charge in [-0.3, -0.25) is 4.79 Å². The summed E-state index contributed by atoms with van der Waals surface area (Å²) in [5, 5.41) is 15.1. The summed E-state index contributed by atoms with van der Waals surface area (Å²) in [6.07, 6.45) is 0. The first-order chi connectivity index (χ1) is 15.1. The number of hydrogen-bond donors (Lipinski definition) is 1. The van der Waals surface area contributed by atoms with Gasteiger partial charge in [0.15, 0.2) is 5.65 Å². The quantitative estimate of drug-likeness (QED) is 0.412. The molecule has 2 heterocycles. The molecule has 0 unspecified atom stereocenters. The maximum absolute atomic E-state index is 13.6. The fourth-order valence-corrected chi connectivity index (χ4v) is 3.81. The van der Waals surface area contributed by atoms with Gasteiger partial charge < -0.3 is 5.11 Å². The van der Waals surface area contributed by atoms with Crippen LogP contribution in [0.3, 0.4) is 0 Å². The molecule has 0 fully saturated rings. The summed E-state index contributed by atoms with van der Waals surface area (Å²) in [5.74, 6) is -0.350. The van der Waals surface area contributed by atoms with Gasteiger partial charge >= 0.3 is 0 Å². The predicted octanol–water partition coefficient (Wildman–Crippen LogP) is 5.31. The number of aromatic nitrogens is 3. The summed E-state index contributed by atoms with van der Waals surface area (Å²) in [6.45, 7) is 1.81. The highest BCUT2D eigenvalue weighted by Gasteiger charge is 2.24. The van der Waals surface area contributed by atoms with Gasteiger partial charge in [-0.2, -0.15) is 5.10 Å². The van der Waals surface area contributed by atoms with Crippen LogP contribution in [0.15, 0.2) is 91.0 Å². The van der Waals surface area contributed by atoms with Gasteiger partial charge in [-0.25, -0.2) is 9.50 Å². The molecular formula is C26H19N3O2. The lowest BCUT2D eigenvalue weighted by molar-refractivity contribution is 0.103.